The molecule has 2 heteroatoms. The lowest BCUT2D eigenvalue weighted by atomic mass is 9.92. The zero-order chi connectivity index (χ0) is 12.3. The first kappa shape index (κ1) is 12.6. The third-order valence-corrected chi connectivity index (χ3v) is 3.77. The average Bonchev–Trinajstić information content (AvgIpc) is 2.67. The highest BCUT2D eigenvalue weighted by Crippen LogP contribution is 2.36. The minimum atomic E-state index is 0.129. The van der Waals surface area contributed by atoms with Crippen molar-refractivity contribution in [2.24, 2.45) is 5.41 Å². The molecular weight excluding hydrogens is 210 g/mol. The molecule has 94 valence electrons. The largest absolute Gasteiger partial charge is 0.392 e. The summed E-state index contributed by atoms with van der Waals surface area (Å²) in [6, 6.07) is 8.85. The number of hydrogen-bond acceptors (Lipinski definition) is 2. The molecule has 17 heavy (non-hydrogen) atoms. The summed E-state index contributed by atoms with van der Waals surface area (Å²) in [5, 5.41) is 12.6. The second kappa shape index (κ2) is 5.19. The van der Waals surface area contributed by atoms with E-state index in [0.29, 0.717) is 11.5 Å². The second-order valence-electron chi connectivity index (χ2n) is 5.96. The Morgan fingerprint density at radius 1 is 1.24 bits per heavy atom. The Hall–Kier alpha value is -0.860. The molecule has 0 saturated heterocycles. The van der Waals surface area contributed by atoms with Gasteiger partial charge in [0.1, 0.15) is 0 Å². The topological polar surface area (TPSA) is 32.3 Å². The second-order valence-corrected chi connectivity index (χ2v) is 5.96. The maximum Gasteiger partial charge on any atom is 0.0681 e. The zero-order valence-corrected chi connectivity index (χ0v) is 10.9. The van der Waals surface area contributed by atoms with Crippen molar-refractivity contribution >= 4 is 0 Å². The molecule has 1 aliphatic carbocycles. The van der Waals surface area contributed by atoms with Crippen LogP contribution in [-0.2, 0) is 13.2 Å². The minimum Gasteiger partial charge on any atom is -0.392 e. The van der Waals surface area contributed by atoms with Gasteiger partial charge in [-0.05, 0) is 35.8 Å². The number of hydrogen-bond donors (Lipinski definition) is 2. The van der Waals surface area contributed by atoms with Crippen LogP contribution < -0.4 is 5.32 Å². The Balaban J connectivity index is 1.82. The van der Waals surface area contributed by atoms with E-state index in [0.717, 1.165) is 12.1 Å². The van der Waals surface area contributed by atoms with Crippen LogP contribution in [0.25, 0.3) is 0 Å². The van der Waals surface area contributed by atoms with Crippen molar-refractivity contribution in [1.29, 1.82) is 0 Å². The fourth-order valence-electron chi connectivity index (χ4n) is 2.64. The van der Waals surface area contributed by atoms with Crippen LogP contribution >= 0.6 is 0 Å². The van der Waals surface area contributed by atoms with Gasteiger partial charge in [0.25, 0.3) is 0 Å². The van der Waals surface area contributed by atoms with Crippen LogP contribution in [0.5, 0.6) is 0 Å². The summed E-state index contributed by atoms with van der Waals surface area (Å²) in [5.74, 6) is 0. The Kier molecular flexibility index (Phi) is 3.85. The molecule has 1 atom stereocenters. The van der Waals surface area contributed by atoms with Crippen LogP contribution in [0.4, 0.5) is 0 Å². The van der Waals surface area contributed by atoms with Gasteiger partial charge in [0.2, 0.25) is 0 Å². The van der Waals surface area contributed by atoms with E-state index in [-0.39, 0.29) is 6.61 Å². The van der Waals surface area contributed by atoms with Crippen molar-refractivity contribution < 1.29 is 5.11 Å². The molecule has 0 spiro atoms. The first-order valence-corrected chi connectivity index (χ1v) is 6.51. The summed E-state index contributed by atoms with van der Waals surface area (Å²) in [6.45, 7) is 5.77. The molecule has 2 N–H and O–H groups in total. The van der Waals surface area contributed by atoms with Gasteiger partial charge in [-0.25, -0.2) is 0 Å². The first-order chi connectivity index (χ1) is 8.09. The number of rotatable bonds is 4. The number of aliphatic hydroxyl groups excluding tert-OH is 1. The molecule has 0 aliphatic heterocycles. The predicted molar refractivity (Wildman–Crippen MR) is 70.6 cm³/mol. The van der Waals surface area contributed by atoms with Gasteiger partial charge < -0.3 is 10.4 Å². The first-order valence-electron chi connectivity index (χ1n) is 6.51. The Bertz CT molecular complexity index is 356. The van der Waals surface area contributed by atoms with E-state index in [9.17, 15) is 0 Å². The molecule has 0 amide bonds. The summed E-state index contributed by atoms with van der Waals surface area (Å²) in [4.78, 5) is 0. The van der Waals surface area contributed by atoms with Gasteiger partial charge in [-0.1, -0.05) is 38.1 Å². The normalized spacial score (nSPS) is 22.9. The number of aliphatic hydroxyl groups is 1. The lowest BCUT2D eigenvalue weighted by Gasteiger charge is -2.18. The Labute approximate surface area is 104 Å². The fourth-order valence-corrected chi connectivity index (χ4v) is 2.64. The van der Waals surface area contributed by atoms with Crippen LogP contribution in [0, 0.1) is 5.41 Å². The van der Waals surface area contributed by atoms with E-state index in [4.69, 9.17) is 5.11 Å². The van der Waals surface area contributed by atoms with Crippen molar-refractivity contribution in [2.45, 2.75) is 52.3 Å². The summed E-state index contributed by atoms with van der Waals surface area (Å²) >= 11 is 0. The standard InChI is InChI=1S/C15H23NO/c1-15(2)8-7-14(9-15)16-10-12-3-5-13(11-17)6-4-12/h3-6,14,16-17H,7-11H2,1-2H3. The molecule has 2 nitrogen and oxygen atoms in total. The smallest absolute Gasteiger partial charge is 0.0681 e. The summed E-state index contributed by atoms with van der Waals surface area (Å²) in [6.07, 6.45) is 3.90. The van der Waals surface area contributed by atoms with E-state index < -0.39 is 0 Å². The molecular formula is C15H23NO. The van der Waals surface area contributed by atoms with Crippen molar-refractivity contribution in [2.75, 3.05) is 0 Å². The van der Waals surface area contributed by atoms with Gasteiger partial charge in [0.15, 0.2) is 0 Å². The van der Waals surface area contributed by atoms with Gasteiger partial charge >= 0.3 is 0 Å². The Morgan fingerprint density at radius 2 is 1.88 bits per heavy atom. The van der Waals surface area contributed by atoms with Crippen molar-refractivity contribution in [3.8, 4) is 0 Å². The zero-order valence-electron chi connectivity index (χ0n) is 10.9. The molecule has 0 radical (unpaired) electrons. The van der Waals surface area contributed by atoms with Gasteiger partial charge in [0, 0.05) is 12.6 Å². The number of benzene rings is 1. The highest BCUT2D eigenvalue weighted by molar-refractivity contribution is 5.21. The van der Waals surface area contributed by atoms with Crippen LogP contribution in [0.3, 0.4) is 0 Å². The highest BCUT2D eigenvalue weighted by atomic mass is 16.3. The predicted octanol–water partition coefficient (Wildman–Crippen LogP) is 2.85. The van der Waals surface area contributed by atoms with Crippen molar-refractivity contribution in [3.63, 3.8) is 0 Å². The molecule has 0 bridgehead atoms. The molecule has 1 aliphatic rings. The van der Waals surface area contributed by atoms with Crippen molar-refractivity contribution in [1.82, 2.24) is 5.32 Å². The fraction of sp³-hybridized carbons (Fsp3) is 0.600. The molecule has 1 saturated carbocycles. The lowest BCUT2D eigenvalue weighted by molar-refractivity contribution is 0.282. The minimum absolute atomic E-state index is 0.129. The van der Waals surface area contributed by atoms with E-state index >= 15 is 0 Å². The lowest BCUT2D eigenvalue weighted by Crippen LogP contribution is -2.26. The van der Waals surface area contributed by atoms with E-state index in [1.807, 2.05) is 12.1 Å². The maximum absolute atomic E-state index is 8.97. The Morgan fingerprint density at radius 3 is 2.41 bits per heavy atom. The van der Waals surface area contributed by atoms with Crippen LogP contribution in [0.15, 0.2) is 24.3 Å². The average molecular weight is 233 g/mol. The SMILES string of the molecule is CC1(C)CCC(NCc2ccc(CO)cc2)C1. The summed E-state index contributed by atoms with van der Waals surface area (Å²) in [5.41, 5.74) is 2.79. The monoisotopic (exact) mass is 233 g/mol. The summed E-state index contributed by atoms with van der Waals surface area (Å²) in [7, 11) is 0. The van der Waals surface area contributed by atoms with Crippen LogP contribution in [0.2, 0.25) is 0 Å². The molecule has 1 aromatic carbocycles. The van der Waals surface area contributed by atoms with E-state index in [1.165, 1.54) is 24.8 Å². The molecule has 2 rings (SSSR count). The maximum atomic E-state index is 8.97. The molecule has 1 fully saturated rings. The molecule has 1 aromatic rings. The third kappa shape index (κ3) is 3.55. The molecule has 1 unspecified atom stereocenters. The van der Waals surface area contributed by atoms with Gasteiger partial charge in [-0.3, -0.25) is 0 Å². The van der Waals surface area contributed by atoms with E-state index in [2.05, 4.69) is 31.3 Å². The quantitative estimate of drug-likeness (QED) is 0.838. The van der Waals surface area contributed by atoms with Crippen LogP contribution in [-0.4, -0.2) is 11.1 Å². The van der Waals surface area contributed by atoms with Gasteiger partial charge in [-0.15, -0.1) is 0 Å². The number of nitrogens with one attached hydrogen (secondary N) is 1. The molecule has 0 heterocycles. The van der Waals surface area contributed by atoms with Gasteiger partial charge in [0.05, 0.1) is 6.61 Å². The van der Waals surface area contributed by atoms with Gasteiger partial charge in [-0.2, -0.15) is 0 Å². The molecule has 0 aromatic heterocycles. The highest BCUT2D eigenvalue weighted by Gasteiger charge is 2.30. The van der Waals surface area contributed by atoms with Crippen LogP contribution in [0.1, 0.15) is 44.2 Å². The van der Waals surface area contributed by atoms with Crippen molar-refractivity contribution in [3.05, 3.63) is 35.4 Å². The van der Waals surface area contributed by atoms with E-state index in [1.54, 1.807) is 0 Å². The third-order valence-electron chi connectivity index (χ3n) is 3.77. The summed E-state index contributed by atoms with van der Waals surface area (Å²) < 4.78 is 0.